The summed E-state index contributed by atoms with van der Waals surface area (Å²) < 4.78 is 5.74. The molecule has 2 N–H and O–H groups in total. The third-order valence-electron chi connectivity index (χ3n) is 3.43. The highest BCUT2D eigenvalue weighted by atomic mass is 35.5. The molecule has 112 valence electrons. The minimum atomic E-state index is -0.378. The van der Waals surface area contributed by atoms with Gasteiger partial charge in [-0.25, -0.2) is 0 Å². The van der Waals surface area contributed by atoms with Crippen LogP contribution in [0, 0.1) is 0 Å². The number of nitrogens with zero attached hydrogens (tertiary/aromatic N) is 1. The van der Waals surface area contributed by atoms with Gasteiger partial charge in [-0.15, -0.1) is 0 Å². The molecule has 0 radical (unpaired) electrons. The van der Waals surface area contributed by atoms with E-state index in [1.165, 1.54) is 0 Å². The SMILES string of the molecule is CN(C)CC(O)CNC1CCCOc2c(Cl)cccc21. The minimum absolute atomic E-state index is 0.183. The number of rotatable bonds is 5. The Labute approximate surface area is 125 Å². The molecule has 0 spiro atoms. The molecule has 1 heterocycles. The van der Waals surface area contributed by atoms with E-state index in [0.717, 1.165) is 24.2 Å². The summed E-state index contributed by atoms with van der Waals surface area (Å²) in [5, 5.41) is 14.1. The van der Waals surface area contributed by atoms with Gasteiger partial charge in [0.25, 0.3) is 0 Å². The third kappa shape index (κ3) is 4.09. The van der Waals surface area contributed by atoms with E-state index >= 15 is 0 Å². The van der Waals surface area contributed by atoms with Crippen LogP contribution in [0.4, 0.5) is 0 Å². The first kappa shape index (κ1) is 15.6. The number of hydrogen-bond donors (Lipinski definition) is 2. The Morgan fingerprint density at radius 2 is 2.30 bits per heavy atom. The van der Waals surface area contributed by atoms with E-state index in [-0.39, 0.29) is 12.1 Å². The van der Waals surface area contributed by atoms with Crippen molar-refractivity contribution in [3.8, 4) is 5.75 Å². The Kier molecular flexibility index (Phi) is 5.66. The highest BCUT2D eigenvalue weighted by molar-refractivity contribution is 6.32. The Morgan fingerprint density at radius 1 is 1.50 bits per heavy atom. The lowest BCUT2D eigenvalue weighted by atomic mass is 10.0. The average molecular weight is 299 g/mol. The first-order valence-electron chi connectivity index (χ1n) is 7.05. The van der Waals surface area contributed by atoms with E-state index in [1.54, 1.807) is 0 Å². The van der Waals surface area contributed by atoms with Gasteiger partial charge in [0.1, 0.15) is 5.75 Å². The number of para-hydroxylation sites is 1. The summed E-state index contributed by atoms with van der Waals surface area (Å²) in [5.41, 5.74) is 1.09. The average Bonchev–Trinajstić information content (AvgIpc) is 2.59. The van der Waals surface area contributed by atoms with E-state index in [2.05, 4.69) is 5.32 Å². The summed E-state index contributed by atoms with van der Waals surface area (Å²) in [4.78, 5) is 1.98. The molecule has 0 aromatic heterocycles. The predicted octanol–water partition coefficient (Wildman–Crippen LogP) is 2.07. The minimum Gasteiger partial charge on any atom is -0.492 e. The van der Waals surface area contributed by atoms with Crippen molar-refractivity contribution in [2.75, 3.05) is 33.8 Å². The third-order valence-corrected chi connectivity index (χ3v) is 3.73. The van der Waals surface area contributed by atoms with Crippen LogP contribution in [0.25, 0.3) is 0 Å². The van der Waals surface area contributed by atoms with Crippen LogP contribution in [-0.4, -0.2) is 49.9 Å². The molecule has 1 aliphatic heterocycles. The van der Waals surface area contributed by atoms with E-state index < -0.39 is 0 Å². The number of nitrogens with one attached hydrogen (secondary N) is 1. The van der Waals surface area contributed by atoms with E-state index in [0.29, 0.717) is 24.7 Å². The molecule has 2 rings (SSSR count). The molecule has 0 amide bonds. The van der Waals surface area contributed by atoms with Gasteiger partial charge in [-0.05, 0) is 33.0 Å². The molecule has 0 aliphatic carbocycles. The molecule has 0 saturated carbocycles. The molecule has 0 bridgehead atoms. The van der Waals surface area contributed by atoms with Crippen molar-refractivity contribution in [2.24, 2.45) is 0 Å². The lowest BCUT2D eigenvalue weighted by molar-refractivity contribution is 0.131. The van der Waals surface area contributed by atoms with Crippen LogP contribution in [-0.2, 0) is 0 Å². The fraction of sp³-hybridized carbons (Fsp3) is 0.600. The summed E-state index contributed by atoms with van der Waals surface area (Å²) in [5.74, 6) is 0.784. The number of halogens is 1. The zero-order chi connectivity index (χ0) is 14.5. The molecule has 0 fully saturated rings. The van der Waals surface area contributed by atoms with E-state index in [9.17, 15) is 5.11 Å². The molecular weight excluding hydrogens is 276 g/mol. The number of fused-ring (bicyclic) bond motifs is 1. The van der Waals surface area contributed by atoms with Crippen LogP contribution in [0.5, 0.6) is 5.75 Å². The zero-order valence-corrected chi connectivity index (χ0v) is 12.9. The van der Waals surface area contributed by atoms with Crippen LogP contribution in [0.2, 0.25) is 5.02 Å². The fourth-order valence-corrected chi connectivity index (χ4v) is 2.78. The van der Waals surface area contributed by atoms with Crippen LogP contribution >= 0.6 is 11.6 Å². The molecule has 2 atom stereocenters. The summed E-state index contributed by atoms with van der Waals surface area (Å²) in [6.45, 7) is 1.91. The number of ether oxygens (including phenoxy) is 1. The Bertz CT molecular complexity index is 440. The van der Waals surface area contributed by atoms with Crippen molar-refractivity contribution in [1.82, 2.24) is 10.2 Å². The standard InChI is InChI=1S/C15H23ClN2O2/c1-18(2)10-11(19)9-17-14-7-4-8-20-15-12(14)5-3-6-13(15)16/h3,5-6,11,14,17,19H,4,7-10H2,1-2H3. The molecule has 2 unspecified atom stereocenters. The smallest absolute Gasteiger partial charge is 0.142 e. The van der Waals surface area contributed by atoms with Crippen molar-refractivity contribution in [3.63, 3.8) is 0 Å². The predicted molar refractivity (Wildman–Crippen MR) is 81.5 cm³/mol. The van der Waals surface area contributed by atoms with Crippen molar-refractivity contribution >= 4 is 11.6 Å². The highest BCUT2D eigenvalue weighted by Crippen LogP contribution is 2.36. The second-order valence-corrected chi connectivity index (χ2v) is 5.93. The second-order valence-electron chi connectivity index (χ2n) is 5.53. The van der Waals surface area contributed by atoms with Gasteiger partial charge in [0, 0.05) is 24.7 Å². The fourth-order valence-electron chi connectivity index (χ4n) is 2.55. The number of hydrogen-bond acceptors (Lipinski definition) is 4. The van der Waals surface area contributed by atoms with Gasteiger partial charge < -0.3 is 20.1 Å². The second kappa shape index (κ2) is 7.27. The maximum absolute atomic E-state index is 9.96. The monoisotopic (exact) mass is 298 g/mol. The van der Waals surface area contributed by atoms with Crippen LogP contribution < -0.4 is 10.1 Å². The van der Waals surface area contributed by atoms with E-state index in [1.807, 2.05) is 37.2 Å². The molecule has 5 heteroatoms. The van der Waals surface area contributed by atoms with Crippen LogP contribution in [0.3, 0.4) is 0 Å². The van der Waals surface area contributed by atoms with Gasteiger partial charge in [-0.1, -0.05) is 23.7 Å². The van der Waals surface area contributed by atoms with Gasteiger partial charge >= 0.3 is 0 Å². The van der Waals surface area contributed by atoms with Crippen molar-refractivity contribution < 1.29 is 9.84 Å². The summed E-state index contributed by atoms with van der Waals surface area (Å²) in [7, 11) is 3.91. The van der Waals surface area contributed by atoms with Gasteiger partial charge in [0.05, 0.1) is 17.7 Å². The molecule has 20 heavy (non-hydrogen) atoms. The maximum atomic E-state index is 9.96. The molecule has 4 nitrogen and oxygen atoms in total. The van der Waals surface area contributed by atoms with Crippen molar-refractivity contribution in [2.45, 2.75) is 25.0 Å². The number of benzene rings is 1. The number of aliphatic hydroxyl groups is 1. The quantitative estimate of drug-likeness (QED) is 0.873. The van der Waals surface area contributed by atoms with E-state index in [4.69, 9.17) is 16.3 Å². The first-order valence-corrected chi connectivity index (χ1v) is 7.43. The summed E-state index contributed by atoms with van der Waals surface area (Å²) in [6, 6.07) is 6.02. The Hall–Kier alpha value is -0.810. The summed E-state index contributed by atoms with van der Waals surface area (Å²) >= 11 is 6.20. The Morgan fingerprint density at radius 3 is 3.05 bits per heavy atom. The van der Waals surface area contributed by atoms with Gasteiger partial charge in [0.2, 0.25) is 0 Å². The topological polar surface area (TPSA) is 44.7 Å². The molecule has 1 aliphatic rings. The van der Waals surface area contributed by atoms with Gasteiger partial charge in [-0.2, -0.15) is 0 Å². The van der Waals surface area contributed by atoms with Crippen LogP contribution in [0.15, 0.2) is 18.2 Å². The lowest BCUT2D eigenvalue weighted by Crippen LogP contribution is -2.36. The highest BCUT2D eigenvalue weighted by Gasteiger charge is 2.21. The normalized spacial score (nSPS) is 20.1. The van der Waals surface area contributed by atoms with Gasteiger partial charge in [-0.3, -0.25) is 0 Å². The first-order chi connectivity index (χ1) is 9.58. The largest absolute Gasteiger partial charge is 0.492 e. The number of likely N-dealkylation sites (N-methyl/N-ethyl adjacent to an activating group) is 1. The maximum Gasteiger partial charge on any atom is 0.142 e. The zero-order valence-electron chi connectivity index (χ0n) is 12.1. The van der Waals surface area contributed by atoms with Crippen molar-refractivity contribution in [3.05, 3.63) is 28.8 Å². The number of aliphatic hydroxyl groups excluding tert-OH is 1. The summed E-state index contributed by atoms with van der Waals surface area (Å²) in [6.07, 6.45) is 1.59. The molecular formula is C15H23ClN2O2. The lowest BCUT2D eigenvalue weighted by Gasteiger charge is -2.22. The Balaban J connectivity index is 2.03. The van der Waals surface area contributed by atoms with Gasteiger partial charge in [0.15, 0.2) is 0 Å². The van der Waals surface area contributed by atoms with Crippen LogP contribution in [0.1, 0.15) is 24.4 Å². The molecule has 1 aromatic carbocycles. The van der Waals surface area contributed by atoms with Crippen molar-refractivity contribution in [1.29, 1.82) is 0 Å². The molecule has 1 aromatic rings. The molecule has 0 saturated heterocycles.